The number of nitrogens with two attached hydrogens (primary N) is 1. The smallest absolute Gasteiger partial charge is 0.422 e. The quantitative estimate of drug-likeness (QED) is 0.831. The molecule has 0 saturated carbocycles. The zero-order valence-electron chi connectivity index (χ0n) is 9.94. The summed E-state index contributed by atoms with van der Waals surface area (Å²) in [5.74, 6) is -0.911. The van der Waals surface area contributed by atoms with Gasteiger partial charge < -0.3 is 15.5 Å². The van der Waals surface area contributed by atoms with Gasteiger partial charge in [0.25, 0.3) is 0 Å². The summed E-state index contributed by atoms with van der Waals surface area (Å²) in [7, 11) is 0. The van der Waals surface area contributed by atoms with E-state index in [2.05, 4.69) is 19.7 Å². The molecule has 6 nitrogen and oxygen atoms in total. The standard InChI is InChI=1S/C11H9F3N4O2/c12-11(13,14)4-20-10-8-6(1-2-7(15)19)3-16-9(8)17-5-18-10/h1-3,5H,4H2,(H2,15,19)(H,16,17,18). The number of aromatic nitrogens is 3. The Hall–Kier alpha value is -2.58. The minimum Gasteiger partial charge on any atom is -0.467 e. The van der Waals surface area contributed by atoms with Crippen LogP contribution in [-0.4, -0.2) is 33.6 Å². The van der Waals surface area contributed by atoms with E-state index in [1.807, 2.05) is 0 Å². The van der Waals surface area contributed by atoms with Gasteiger partial charge in [-0.1, -0.05) is 0 Å². The van der Waals surface area contributed by atoms with Gasteiger partial charge in [0.1, 0.15) is 12.0 Å². The van der Waals surface area contributed by atoms with Crippen LogP contribution in [0.25, 0.3) is 17.1 Å². The first-order valence-electron chi connectivity index (χ1n) is 5.36. The number of ether oxygens (including phenoxy) is 1. The second kappa shape index (κ2) is 5.19. The molecule has 0 aliphatic rings. The zero-order chi connectivity index (χ0) is 14.8. The van der Waals surface area contributed by atoms with Crippen LogP contribution in [0.4, 0.5) is 13.2 Å². The highest BCUT2D eigenvalue weighted by Gasteiger charge is 2.29. The average molecular weight is 286 g/mol. The summed E-state index contributed by atoms with van der Waals surface area (Å²) in [4.78, 5) is 20.9. The van der Waals surface area contributed by atoms with Crippen molar-refractivity contribution in [2.75, 3.05) is 6.61 Å². The minimum absolute atomic E-state index is 0.224. The van der Waals surface area contributed by atoms with Crippen LogP contribution in [0.5, 0.6) is 5.88 Å². The van der Waals surface area contributed by atoms with Crippen molar-refractivity contribution in [1.29, 1.82) is 0 Å². The molecule has 0 bridgehead atoms. The van der Waals surface area contributed by atoms with Crippen LogP contribution in [0.3, 0.4) is 0 Å². The number of carbonyl (C=O) groups excluding carboxylic acids is 1. The number of fused-ring (bicyclic) bond motifs is 1. The fraction of sp³-hybridized carbons (Fsp3) is 0.182. The van der Waals surface area contributed by atoms with E-state index in [4.69, 9.17) is 5.73 Å². The SMILES string of the molecule is NC(=O)C=Cc1c[nH]c2ncnc(OCC(F)(F)F)c12. The first-order chi connectivity index (χ1) is 9.37. The Morgan fingerprint density at radius 3 is 2.85 bits per heavy atom. The van der Waals surface area contributed by atoms with E-state index < -0.39 is 18.7 Å². The number of nitrogens with zero attached hydrogens (tertiary/aromatic N) is 2. The average Bonchev–Trinajstić information content (AvgIpc) is 2.76. The molecule has 0 aromatic carbocycles. The first kappa shape index (κ1) is 13.8. The van der Waals surface area contributed by atoms with Crippen LogP contribution in [0.1, 0.15) is 5.56 Å². The molecule has 0 aliphatic heterocycles. The van der Waals surface area contributed by atoms with Crippen molar-refractivity contribution < 1.29 is 22.7 Å². The van der Waals surface area contributed by atoms with E-state index in [-0.39, 0.29) is 11.3 Å². The number of rotatable bonds is 4. The molecule has 0 saturated heterocycles. The normalized spacial score (nSPS) is 12.2. The molecule has 9 heteroatoms. The molecule has 0 unspecified atom stereocenters. The molecule has 0 atom stereocenters. The predicted octanol–water partition coefficient (Wildman–Crippen LogP) is 1.40. The number of aromatic amines is 1. The number of halogens is 3. The molecular formula is C11H9F3N4O2. The van der Waals surface area contributed by atoms with Crippen LogP contribution in [0.2, 0.25) is 0 Å². The van der Waals surface area contributed by atoms with Crippen LogP contribution >= 0.6 is 0 Å². The summed E-state index contributed by atoms with van der Waals surface area (Å²) in [5.41, 5.74) is 5.65. The predicted molar refractivity (Wildman–Crippen MR) is 63.7 cm³/mol. The number of primary amides is 1. The highest BCUT2D eigenvalue weighted by Crippen LogP contribution is 2.27. The molecule has 0 spiro atoms. The summed E-state index contributed by atoms with van der Waals surface area (Å²) in [6.45, 7) is -1.47. The van der Waals surface area contributed by atoms with E-state index >= 15 is 0 Å². The van der Waals surface area contributed by atoms with Crippen LogP contribution in [0.15, 0.2) is 18.6 Å². The lowest BCUT2D eigenvalue weighted by Gasteiger charge is -2.08. The second-order valence-electron chi connectivity index (χ2n) is 3.79. The number of hydrogen-bond donors (Lipinski definition) is 2. The van der Waals surface area contributed by atoms with Crippen LogP contribution in [-0.2, 0) is 4.79 Å². The number of amides is 1. The Morgan fingerprint density at radius 1 is 1.45 bits per heavy atom. The maximum atomic E-state index is 12.2. The molecule has 1 amide bonds. The van der Waals surface area contributed by atoms with Gasteiger partial charge >= 0.3 is 6.18 Å². The lowest BCUT2D eigenvalue weighted by Crippen LogP contribution is -2.19. The number of hydrogen-bond acceptors (Lipinski definition) is 4. The molecule has 0 radical (unpaired) electrons. The van der Waals surface area contributed by atoms with Crippen molar-refractivity contribution in [2.45, 2.75) is 6.18 Å². The van der Waals surface area contributed by atoms with E-state index in [9.17, 15) is 18.0 Å². The van der Waals surface area contributed by atoms with Crippen LogP contribution < -0.4 is 10.5 Å². The molecule has 106 valence electrons. The van der Waals surface area contributed by atoms with Crippen molar-refractivity contribution in [3.63, 3.8) is 0 Å². The van der Waals surface area contributed by atoms with Gasteiger partial charge in [0, 0.05) is 17.8 Å². The molecule has 2 heterocycles. The van der Waals surface area contributed by atoms with Crippen molar-refractivity contribution in [1.82, 2.24) is 15.0 Å². The third kappa shape index (κ3) is 3.25. The Labute approximate surface area is 110 Å². The summed E-state index contributed by atoms with van der Waals surface area (Å²) in [5, 5.41) is 0.245. The minimum atomic E-state index is -4.48. The lowest BCUT2D eigenvalue weighted by molar-refractivity contribution is -0.153. The second-order valence-corrected chi connectivity index (χ2v) is 3.79. The number of alkyl halides is 3. The molecule has 2 aromatic rings. The molecule has 0 aliphatic carbocycles. The fourth-order valence-corrected chi connectivity index (χ4v) is 1.52. The molecular weight excluding hydrogens is 277 g/mol. The molecule has 0 fully saturated rings. The fourth-order valence-electron chi connectivity index (χ4n) is 1.52. The van der Waals surface area contributed by atoms with Gasteiger partial charge in [-0.15, -0.1) is 0 Å². The third-order valence-corrected chi connectivity index (χ3v) is 2.27. The zero-order valence-corrected chi connectivity index (χ0v) is 9.94. The van der Waals surface area contributed by atoms with E-state index in [0.29, 0.717) is 11.2 Å². The van der Waals surface area contributed by atoms with Gasteiger partial charge in [-0.05, 0) is 6.08 Å². The maximum Gasteiger partial charge on any atom is 0.422 e. The van der Waals surface area contributed by atoms with Crippen LogP contribution in [0, 0.1) is 0 Å². The Morgan fingerprint density at radius 2 is 2.20 bits per heavy atom. The van der Waals surface area contributed by atoms with E-state index in [0.717, 1.165) is 12.4 Å². The van der Waals surface area contributed by atoms with Crippen molar-refractivity contribution in [3.05, 3.63) is 24.2 Å². The Kier molecular flexibility index (Phi) is 3.59. The van der Waals surface area contributed by atoms with Gasteiger partial charge in [-0.25, -0.2) is 9.97 Å². The first-order valence-corrected chi connectivity index (χ1v) is 5.36. The monoisotopic (exact) mass is 286 g/mol. The molecule has 2 aromatic heterocycles. The highest BCUT2D eigenvalue weighted by atomic mass is 19.4. The van der Waals surface area contributed by atoms with E-state index in [1.54, 1.807) is 0 Å². The van der Waals surface area contributed by atoms with E-state index in [1.165, 1.54) is 12.3 Å². The molecule has 3 N–H and O–H groups in total. The topological polar surface area (TPSA) is 93.9 Å². The number of carbonyl (C=O) groups is 1. The largest absolute Gasteiger partial charge is 0.467 e. The van der Waals surface area contributed by atoms with Gasteiger partial charge in [0.2, 0.25) is 11.8 Å². The number of H-pyrrole nitrogens is 1. The van der Waals surface area contributed by atoms with Gasteiger partial charge in [-0.3, -0.25) is 4.79 Å². The lowest BCUT2D eigenvalue weighted by atomic mass is 10.2. The van der Waals surface area contributed by atoms with Gasteiger partial charge in [0.05, 0.1) is 5.39 Å². The number of nitrogens with one attached hydrogen (secondary N) is 1. The molecule has 2 rings (SSSR count). The Bertz CT molecular complexity index is 663. The molecule has 20 heavy (non-hydrogen) atoms. The van der Waals surface area contributed by atoms with Crippen molar-refractivity contribution in [2.24, 2.45) is 5.73 Å². The summed E-state index contributed by atoms with van der Waals surface area (Å²) in [6.07, 6.45) is 0.469. The van der Waals surface area contributed by atoms with Gasteiger partial charge in [-0.2, -0.15) is 13.2 Å². The third-order valence-electron chi connectivity index (χ3n) is 2.27. The summed E-state index contributed by atoms with van der Waals surface area (Å²) >= 11 is 0. The summed E-state index contributed by atoms with van der Waals surface area (Å²) in [6, 6.07) is 0. The van der Waals surface area contributed by atoms with Gasteiger partial charge in [0.15, 0.2) is 6.61 Å². The Balaban J connectivity index is 2.39. The van der Waals surface area contributed by atoms with Crippen molar-refractivity contribution >= 4 is 23.0 Å². The maximum absolute atomic E-state index is 12.2. The summed E-state index contributed by atoms with van der Waals surface area (Å²) < 4.78 is 41.2. The highest BCUT2D eigenvalue weighted by molar-refractivity contribution is 5.96. The van der Waals surface area contributed by atoms with Crippen molar-refractivity contribution in [3.8, 4) is 5.88 Å².